The lowest BCUT2D eigenvalue weighted by Crippen LogP contribution is -2.40. The van der Waals surface area contributed by atoms with Crippen molar-refractivity contribution in [2.24, 2.45) is 16.5 Å². The predicted molar refractivity (Wildman–Crippen MR) is 56.9 cm³/mol. The van der Waals surface area contributed by atoms with E-state index >= 15 is 0 Å². The molecule has 1 amide bonds. The zero-order valence-corrected chi connectivity index (χ0v) is 8.97. The number of hydrogen-bond acceptors (Lipinski definition) is 4. The van der Waals surface area contributed by atoms with Crippen molar-refractivity contribution in [3.63, 3.8) is 0 Å². The summed E-state index contributed by atoms with van der Waals surface area (Å²) in [6.45, 7) is 0.314. The van der Waals surface area contributed by atoms with Gasteiger partial charge in [-0.05, 0) is 12.8 Å². The molecule has 16 heavy (non-hydrogen) atoms. The summed E-state index contributed by atoms with van der Waals surface area (Å²) in [4.78, 5) is 25.2. The Bertz CT molecular complexity index is 275. The Balaban J connectivity index is 4.00. The van der Waals surface area contributed by atoms with Crippen molar-refractivity contribution in [3.8, 4) is 0 Å². The maximum atomic E-state index is 10.8. The summed E-state index contributed by atoms with van der Waals surface area (Å²) in [7, 11) is 1.16. The van der Waals surface area contributed by atoms with Crippen LogP contribution in [0.2, 0.25) is 0 Å². The van der Waals surface area contributed by atoms with E-state index < -0.39 is 18.1 Å². The predicted octanol–water partition coefficient (Wildman–Crippen LogP) is -1.15. The van der Waals surface area contributed by atoms with Crippen LogP contribution in [0.4, 0.5) is 4.79 Å². The van der Waals surface area contributed by atoms with Crippen LogP contribution in [0, 0.1) is 0 Å². The average molecular weight is 232 g/mol. The molecule has 0 aliphatic heterocycles. The van der Waals surface area contributed by atoms with Gasteiger partial charge in [-0.1, -0.05) is 0 Å². The van der Waals surface area contributed by atoms with Gasteiger partial charge in [0.15, 0.2) is 5.96 Å². The molecule has 0 aromatic heterocycles. The summed E-state index contributed by atoms with van der Waals surface area (Å²) in [5, 5.41) is 11.0. The number of guanidine groups is 1. The summed E-state index contributed by atoms with van der Waals surface area (Å²) in [5.41, 5.74) is 10.2. The van der Waals surface area contributed by atoms with Gasteiger partial charge in [0.25, 0.3) is 0 Å². The normalized spacial score (nSPS) is 11.3. The van der Waals surface area contributed by atoms with Crippen LogP contribution in [0.3, 0.4) is 0 Å². The van der Waals surface area contributed by atoms with Crippen LogP contribution in [0.15, 0.2) is 4.99 Å². The first-order valence-electron chi connectivity index (χ1n) is 4.60. The van der Waals surface area contributed by atoms with Crippen molar-refractivity contribution in [1.82, 2.24) is 5.32 Å². The molecule has 0 spiro atoms. The highest BCUT2D eigenvalue weighted by Crippen LogP contribution is 1.98. The van der Waals surface area contributed by atoms with Crippen LogP contribution in [0.1, 0.15) is 12.8 Å². The molecule has 1 atom stereocenters. The average Bonchev–Trinajstić information content (AvgIpc) is 2.21. The summed E-state index contributed by atoms with van der Waals surface area (Å²) < 4.78 is 4.29. The summed E-state index contributed by atoms with van der Waals surface area (Å²) >= 11 is 0. The lowest BCUT2D eigenvalue weighted by molar-refractivity contribution is -0.139. The Kier molecular flexibility index (Phi) is 6.41. The second kappa shape index (κ2) is 7.32. The molecule has 0 aromatic rings. The van der Waals surface area contributed by atoms with Gasteiger partial charge in [-0.15, -0.1) is 0 Å². The fourth-order valence-corrected chi connectivity index (χ4v) is 0.962. The number of carboxylic acid groups (broad SMARTS) is 1. The van der Waals surface area contributed by atoms with E-state index in [1.807, 2.05) is 0 Å². The molecule has 8 nitrogen and oxygen atoms in total. The largest absolute Gasteiger partial charge is 0.480 e. The minimum absolute atomic E-state index is 0.0483. The fraction of sp³-hybridized carbons (Fsp3) is 0.625. The van der Waals surface area contributed by atoms with Gasteiger partial charge in [0, 0.05) is 6.54 Å². The lowest BCUT2D eigenvalue weighted by atomic mass is 10.1. The molecule has 0 rings (SSSR count). The van der Waals surface area contributed by atoms with E-state index in [0.29, 0.717) is 13.0 Å². The van der Waals surface area contributed by atoms with Crippen molar-refractivity contribution >= 4 is 18.0 Å². The first kappa shape index (κ1) is 14.0. The highest BCUT2D eigenvalue weighted by atomic mass is 16.5. The third-order valence-corrected chi connectivity index (χ3v) is 1.72. The van der Waals surface area contributed by atoms with E-state index in [9.17, 15) is 9.59 Å². The first-order chi connectivity index (χ1) is 7.47. The number of methoxy groups -OCH3 is 1. The molecule has 0 radical (unpaired) electrons. The van der Waals surface area contributed by atoms with Gasteiger partial charge in [-0.3, -0.25) is 4.99 Å². The monoisotopic (exact) mass is 232 g/mol. The van der Waals surface area contributed by atoms with Gasteiger partial charge in [0.2, 0.25) is 0 Å². The van der Waals surface area contributed by atoms with Crippen LogP contribution in [0.25, 0.3) is 0 Å². The Hall–Kier alpha value is -1.99. The molecule has 0 saturated heterocycles. The van der Waals surface area contributed by atoms with Gasteiger partial charge < -0.3 is 26.6 Å². The Morgan fingerprint density at radius 1 is 1.50 bits per heavy atom. The molecule has 0 aliphatic carbocycles. The zero-order valence-electron chi connectivity index (χ0n) is 8.97. The van der Waals surface area contributed by atoms with Gasteiger partial charge >= 0.3 is 12.1 Å². The number of carbonyl (C=O) groups excluding carboxylic acids is 1. The number of nitrogens with one attached hydrogen (secondary N) is 1. The molecule has 0 aromatic carbocycles. The van der Waals surface area contributed by atoms with Crippen molar-refractivity contribution in [3.05, 3.63) is 0 Å². The second-order valence-electron chi connectivity index (χ2n) is 2.98. The number of carboxylic acids is 1. The van der Waals surface area contributed by atoms with Gasteiger partial charge in [-0.25, -0.2) is 9.59 Å². The van der Waals surface area contributed by atoms with E-state index in [0.717, 1.165) is 7.11 Å². The number of nitrogens with two attached hydrogens (primary N) is 2. The first-order valence-corrected chi connectivity index (χ1v) is 4.60. The molecule has 8 heteroatoms. The van der Waals surface area contributed by atoms with Gasteiger partial charge in [0.1, 0.15) is 6.04 Å². The number of aliphatic carboxylic acids is 1. The van der Waals surface area contributed by atoms with E-state index in [4.69, 9.17) is 16.6 Å². The molecular formula is C8H16N4O4. The molecule has 6 N–H and O–H groups in total. The molecule has 0 aliphatic rings. The molecule has 92 valence electrons. The summed E-state index contributed by atoms with van der Waals surface area (Å²) in [6.07, 6.45) is -0.116. The Labute approximate surface area is 92.6 Å². The minimum Gasteiger partial charge on any atom is -0.480 e. The van der Waals surface area contributed by atoms with Crippen molar-refractivity contribution in [1.29, 1.82) is 0 Å². The minimum atomic E-state index is -1.13. The third kappa shape index (κ3) is 6.46. The van der Waals surface area contributed by atoms with E-state index in [2.05, 4.69) is 15.0 Å². The Morgan fingerprint density at radius 3 is 2.56 bits per heavy atom. The van der Waals surface area contributed by atoms with Crippen LogP contribution >= 0.6 is 0 Å². The second-order valence-corrected chi connectivity index (χ2v) is 2.98. The number of amides is 1. The SMILES string of the molecule is COC(=O)N[C@@H](CCCN=C(N)N)C(=O)O. The van der Waals surface area contributed by atoms with E-state index in [-0.39, 0.29) is 12.4 Å². The smallest absolute Gasteiger partial charge is 0.407 e. The number of alkyl carbamates (subject to hydrolysis) is 1. The fourth-order valence-electron chi connectivity index (χ4n) is 0.962. The van der Waals surface area contributed by atoms with E-state index in [1.54, 1.807) is 0 Å². The number of carbonyl (C=O) groups is 2. The van der Waals surface area contributed by atoms with Crippen LogP contribution in [-0.4, -0.2) is 42.8 Å². The maximum Gasteiger partial charge on any atom is 0.407 e. The molecular weight excluding hydrogens is 216 g/mol. The zero-order chi connectivity index (χ0) is 12.6. The highest BCUT2D eigenvalue weighted by Gasteiger charge is 2.19. The molecule has 0 unspecified atom stereocenters. The third-order valence-electron chi connectivity index (χ3n) is 1.72. The van der Waals surface area contributed by atoms with Crippen LogP contribution in [0.5, 0.6) is 0 Å². The quantitative estimate of drug-likeness (QED) is 0.259. The van der Waals surface area contributed by atoms with E-state index in [1.165, 1.54) is 0 Å². The van der Waals surface area contributed by atoms with Gasteiger partial charge in [-0.2, -0.15) is 0 Å². The van der Waals surface area contributed by atoms with Crippen LogP contribution in [-0.2, 0) is 9.53 Å². The molecule has 0 saturated carbocycles. The van der Waals surface area contributed by atoms with Crippen molar-refractivity contribution < 1.29 is 19.4 Å². The molecule has 0 bridgehead atoms. The number of nitrogens with zero attached hydrogens (tertiary/aromatic N) is 1. The van der Waals surface area contributed by atoms with Crippen molar-refractivity contribution in [2.45, 2.75) is 18.9 Å². The topological polar surface area (TPSA) is 140 Å². The van der Waals surface area contributed by atoms with Crippen LogP contribution < -0.4 is 16.8 Å². The standard InChI is InChI=1S/C8H16N4O4/c1-16-8(15)12-5(6(13)14)3-2-4-11-7(9)10/h5H,2-4H2,1H3,(H,12,15)(H,13,14)(H4,9,10,11)/t5-/m0/s1. The molecule has 0 fully saturated rings. The summed E-state index contributed by atoms with van der Waals surface area (Å²) in [6, 6.07) is -0.998. The van der Waals surface area contributed by atoms with Gasteiger partial charge in [0.05, 0.1) is 7.11 Å². The highest BCUT2D eigenvalue weighted by molar-refractivity contribution is 5.79. The number of ether oxygens (including phenoxy) is 1. The number of aliphatic imine (C=N–C) groups is 1. The van der Waals surface area contributed by atoms with Crippen molar-refractivity contribution in [2.75, 3.05) is 13.7 Å². The molecule has 0 heterocycles. The number of hydrogen-bond donors (Lipinski definition) is 4. The maximum absolute atomic E-state index is 10.8. The summed E-state index contributed by atoms with van der Waals surface area (Å²) in [5.74, 6) is -1.18. The number of rotatable bonds is 6. The lowest BCUT2D eigenvalue weighted by Gasteiger charge is -2.12. The Morgan fingerprint density at radius 2 is 2.12 bits per heavy atom.